The lowest BCUT2D eigenvalue weighted by Crippen LogP contribution is -2.34. The van der Waals surface area contributed by atoms with E-state index in [-0.39, 0.29) is 6.61 Å². The molecule has 0 saturated heterocycles. The van der Waals surface area contributed by atoms with Crippen LogP contribution in [0.2, 0.25) is 0 Å². The minimum absolute atomic E-state index is 0.162. The van der Waals surface area contributed by atoms with Crippen molar-refractivity contribution >= 4 is 5.97 Å². The maximum absolute atomic E-state index is 11.6. The van der Waals surface area contributed by atoms with E-state index in [1.807, 2.05) is 0 Å². The first-order chi connectivity index (χ1) is 5.07. The second-order valence-electron chi connectivity index (χ2n) is 1.99. The molecule has 0 aromatic carbocycles. The van der Waals surface area contributed by atoms with Crippen LogP contribution in [0.1, 0.15) is 13.3 Å². The van der Waals surface area contributed by atoms with Gasteiger partial charge in [0.25, 0.3) is 0 Å². The Balaban J connectivity index is 3.64. The van der Waals surface area contributed by atoms with Crippen molar-refractivity contribution in [2.45, 2.75) is 25.8 Å². The number of hydrogen-bond acceptors (Lipinski definition) is 3. The Morgan fingerprint density at radius 2 is 2.18 bits per heavy atom. The van der Waals surface area contributed by atoms with Gasteiger partial charge in [0.15, 0.2) is 0 Å². The van der Waals surface area contributed by atoms with Gasteiger partial charge in [0.2, 0.25) is 6.43 Å². The number of nitrogens with two attached hydrogens (primary N) is 1. The Kier molecular flexibility index (Phi) is 4.69. The van der Waals surface area contributed by atoms with Gasteiger partial charge in [-0.2, -0.15) is 0 Å². The number of ether oxygens (including phenoxy) is 1. The zero-order chi connectivity index (χ0) is 8.85. The van der Waals surface area contributed by atoms with Crippen LogP contribution in [0.15, 0.2) is 0 Å². The molecule has 0 aliphatic carbocycles. The summed E-state index contributed by atoms with van der Waals surface area (Å²) in [6, 6.07) is -1.20. The van der Waals surface area contributed by atoms with Crippen molar-refractivity contribution in [3.05, 3.63) is 0 Å². The SMILES string of the molecule is CCOC(=O)[C@H](N)CC(F)F. The summed E-state index contributed by atoms with van der Waals surface area (Å²) in [5, 5.41) is 0. The van der Waals surface area contributed by atoms with Crippen LogP contribution < -0.4 is 5.73 Å². The summed E-state index contributed by atoms with van der Waals surface area (Å²) >= 11 is 0. The first-order valence-corrected chi connectivity index (χ1v) is 3.28. The van der Waals surface area contributed by atoms with E-state index in [2.05, 4.69) is 4.74 Å². The molecular formula is C6H11F2NO2. The van der Waals surface area contributed by atoms with Gasteiger partial charge in [0.05, 0.1) is 6.61 Å². The third kappa shape index (κ3) is 4.66. The van der Waals surface area contributed by atoms with Crippen molar-refractivity contribution in [3.8, 4) is 0 Å². The molecule has 0 amide bonds. The number of rotatable bonds is 4. The molecule has 5 heteroatoms. The molecule has 0 aliphatic rings. The highest BCUT2D eigenvalue weighted by molar-refractivity contribution is 5.75. The summed E-state index contributed by atoms with van der Waals surface area (Å²) in [5.74, 6) is -0.771. The number of halogens is 2. The van der Waals surface area contributed by atoms with Crippen molar-refractivity contribution in [1.29, 1.82) is 0 Å². The highest BCUT2D eigenvalue weighted by atomic mass is 19.3. The second kappa shape index (κ2) is 5.01. The molecule has 0 rings (SSSR count). The molecule has 66 valence electrons. The van der Waals surface area contributed by atoms with E-state index in [1.165, 1.54) is 0 Å². The zero-order valence-corrected chi connectivity index (χ0v) is 6.22. The average Bonchev–Trinajstić information content (AvgIpc) is 1.86. The molecule has 0 unspecified atom stereocenters. The molecule has 2 N–H and O–H groups in total. The van der Waals surface area contributed by atoms with Gasteiger partial charge < -0.3 is 10.5 Å². The molecule has 0 aromatic rings. The Morgan fingerprint density at radius 3 is 2.55 bits per heavy atom. The minimum atomic E-state index is -2.56. The van der Waals surface area contributed by atoms with Gasteiger partial charge in [0, 0.05) is 6.42 Å². The third-order valence-electron chi connectivity index (χ3n) is 1.02. The van der Waals surface area contributed by atoms with E-state index in [0.717, 1.165) is 0 Å². The lowest BCUT2D eigenvalue weighted by atomic mass is 10.2. The van der Waals surface area contributed by atoms with E-state index in [1.54, 1.807) is 6.92 Å². The van der Waals surface area contributed by atoms with Gasteiger partial charge in [-0.25, -0.2) is 8.78 Å². The predicted molar refractivity (Wildman–Crippen MR) is 35.2 cm³/mol. The molecular weight excluding hydrogens is 156 g/mol. The van der Waals surface area contributed by atoms with Crippen LogP contribution in [0.25, 0.3) is 0 Å². The fourth-order valence-electron chi connectivity index (χ4n) is 0.537. The monoisotopic (exact) mass is 167 g/mol. The molecule has 0 heterocycles. The molecule has 11 heavy (non-hydrogen) atoms. The number of carbonyl (C=O) groups excluding carboxylic acids is 1. The van der Waals surface area contributed by atoms with Crippen LogP contribution in [-0.4, -0.2) is 25.0 Å². The smallest absolute Gasteiger partial charge is 0.323 e. The standard InChI is InChI=1S/C6H11F2NO2/c1-2-11-6(10)4(9)3-5(7)8/h4-5H,2-3,9H2,1H3/t4-/m1/s1. The summed E-state index contributed by atoms with van der Waals surface area (Å²) in [7, 11) is 0. The summed E-state index contributed by atoms with van der Waals surface area (Å²) < 4.78 is 27.6. The predicted octanol–water partition coefficient (Wildman–Crippen LogP) is 0.532. The Morgan fingerprint density at radius 1 is 1.64 bits per heavy atom. The van der Waals surface area contributed by atoms with Gasteiger partial charge in [0.1, 0.15) is 6.04 Å². The first kappa shape index (κ1) is 10.3. The Labute approximate surface area is 63.5 Å². The third-order valence-corrected chi connectivity index (χ3v) is 1.02. The molecule has 0 aliphatic heterocycles. The lowest BCUT2D eigenvalue weighted by molar-refractivity contribution is -0.145. The fourth-order valence-corrected chi connectivity index (χ4v) is 0.537. The maximum Gasteiger partial charge on any atom is 0.323 e. The first-order valence-electron chi connectivity index (χ1n) is 3.28. The number of hydrogen-bond donors (Lipinski definition) is 1. The molecule has 0 saturated carbocycles. The van der Waals surface area contributed by atoms with Crippen LogP contribution in [0, 0.1) is 0 Å². The van der Waals surface area contributed by atoms with Crippen molar-refractivity contribution in [3.63, 3.8) is 0 Å². The van der Waals surface area contributed by atoms with Crippen LogP contribution in [0.5, 0.6) is 0 Å². The van der Waals surface area contributed by atoms with Crippen LogP contribution in [0.3, 0.4) is 0 Å². The van der Waals surface area contributed by atoms with Crippen molar-refractivity contribution in [2.24, 2.45) is 5.73 Å². The Bertz CT molecular complexity index is 130. The number of carbonyl (C=O) groups is 1. The van der Waals surface area contributed by atoms with Gasteiger partial charge in [-0.3, -0.25) is 4.79 Å². The quantitative estimate of drug-likeness (QED) is 0.621. The summed E-state index contributed by atoms with van der Waals surface area (Å²) in [4.78, 5) is 10.6. The lowest BCUT2D eigenvalue weighted by Gasteiger charge is -2.08. The second-order valence-corrected chi connectivity index (χ2v) is 1.99. The van der Waals surface area contributed by atoms with Gasteiger partial charge in [-0.15, -0.1) is 0 Å². The van der Waals surface area contributed by atoms with E-state index < -0.39 is 24.9 Å². The largest absolute Gasteiger partial charge is 0.465 e. The maximum atomic E-state index is 11.6. The highest BCUT2D eigenvalue weighted by Crippen LogP contribution is 2.02. The molecule has 3 nitrogen and oxygen atoms in total. The van der Waals surface area contributed by atoms with Gasteiger partial charge in [-0.1, -0.05) is 0 Å². The molecule has 0 fully saturated rings. The van der Waals surface area contributed by atoms with Crippen molar-refractivity contribution in [1.82, 2.24) is 0 Å². The molecule has 0 radical (unpaired) electrons. The zero-order valence-electron chi connectivity index (χ0n) is 6.22. The average molecular weight is 167 g/mol. The van der Waals surface area contributed by atoms with E-state index in [0.29, 0.717) is 0 Å². The topological polar surface area (TPSA) is 52.3 Å². The van der Waals surface area contributed by atoms with Crippen LogP contribution >= 0.6 is 0 Å². The summed E-state index contributed by atoms with van der Waals surface area (Å²) in [6.07, 6.45) is -3.20. The summed E-state index contributed by atoms with van der Waals surface area (Å²) in [5.41, 5.74) is 5.05. The molecule has 0 spiro atoms. The van der Waals surface area contributed by atoms with E-state index in [4.69, 9.17) is 5.73 Å². The van der Waals surface area contributed by atoms with E-state index >= 15 is 0 Å². The van der Waals surface area contributed by atoms with Crippen LogP contribution in [0.4, 0.5) is 8.78 Å². The number of esters is 1. The highest BCUT2D eigenvalue weighted by Gasteiger charge is 2.18. The minimum Gasteiger partial charge on any atom is -0.465 e. The molecule has 1 atom stereocenters. The van der Waals surface area contributed by atoms with Crippen molar-refractivity contribution < 1.29 is 18.3 Å². The summed E-state index contributed by atoms with van der Waals surface area (Å²) in [6.45, 7) is 1.75. The number of alkyl halides is 2. The van der Waals surface area contributed by atoms with Crippen molar-refractivity contribution in [2.75, 3.05) is 6.61 Å². The fraction of sp³-hybridized carbons (Fsp3) is 0.833. The van der Waals surface area contributed by atoms with Gasteiger partial charge in [-0.05, 0) is 6.92 Å². The molecule has 0 aromatic heterocycles. The Hall–Kier alpha value is -0.710. The molecule has 0 bridgehead atoms. The van der Waals surface area contributed by atoms with E-state index in [9.17, 15) is 13.6 Å². The van der Waals surface area contributed by atoms with Crippen LogP contribution in [-0.2, 0) is 9.53 Å². The normalized spacial score (nSPS) is 13.2. The van der Waals surface area contributed by atoms with Gasteiger partial charge >= 0.3 is 5.97 Å².